The lowest BCUT2D eigenvalue weighted by atomic mass is 9.96. The Labute approximate surface area is 140 Å². The first-order valence-electron chi connectivity index (χ1n) is 7.48. The first kappa shape index (κ1) is 16.1. The van der Waals surface area contributed by atoms with Gasteiger partial charge in [-0.1, -0.05) is 6.07 Å². The number of fused-ring (bicyclic) bond motifs is 3. The van der Waals surface area contributed by atoms with Crippen LogP contribution in [0.25, 0.3) is 21.5 Å². The molecule has 3 aromatic rings. The maximum atomic E-state index is 10.1. The van der Waals surface area contributed by atoms with Gasteiger partial charge in [-0.2, -0.15) is 0 Å². The fourth-order valence-corrected chi connectivity index (χ4v) is 3.14. The molecule has 0 aromatic heterocycles. The van der Waals surface area contributed by atoms with E-state index in [1.807, 2.05) is 25.1 Å². The van der Waals surface area contributed by atoms with Crippen molar-refractivity contribution < 1.29 is 24.1 Å². The van der Waals surface area contributed by atoms with Crippen molar-refractivity contribution in [3.05, 3.63) is 29.8 Å². The molecule has 0 fully saturated rings. The third kappa shape index (κ3) is 2.24. The van der Waals surface area contributed by atoms with Crippen molar-refractivity contribution in [2.75, 3.05) is 28.4 Å². The summed E-state index contributed by atoms with van der Waals surface area (Å²) in [7, 11) is 6.30. The Morgan fingerprint density at radius 2 is 1.38 bits per heavy atom. The van der Waals surface area contributed by atoms with E-state index >= 15 is 0 Å². The molecule has 0 heterocycles. The van der Waals surface area contributed by atoms with Gasteiger partial charge in [0.15, 0.2) is 23.0 Å². The molecule has 0 atom stereocenters. The number of ether oxygens (including phenoxy) is 4. The van der Waals surface area contributed by atoms with Crippen LogP contribution < -0.4 is 18.9 Å². The summed E-state index contributed by atoms with van der Waals surface area (Å²) >= 11 is 0. The zero-order chi connectivity index (χ0) is 17.4. The normalized spacial score (nSPS) is 10.9. The number of aromatic hydroxyl groups is 1. The summed E-state index contributed by atoms with van der Waals surface area (Å²) in [5.41, 5.74) is 1.03. The van der Waals surface area contributed by atoms with Crippen LogP contribution in [-0.4, -0.2) is 33.5 Å². The molecular weight excluding hydrogens is 308 g/mol. The lowest BCUT2D eigenvalue weighted by Gasteiger charge is -2.18. The second-order valence-corrected chi connectivity index (χ2v) is 5.51. The van der Waals surface area contributed by atoms with Crippen LogP contribution in [0.15, 0.2) is 24.3 Å². The Hall–Kier alpha value is -2.82. The summed E-state index contributed by atoms with van der Waals surface area (Å²) < 4.78 is 21.8. The Bertz CT molecular complexity index is 931. The molecule has 1 N–H and O–H groups in total. The molecule has 0 aliphatic heterocycles. The van der Waals surface area contributed by atoms with Crippen molar-refractivity contribution in [1.82, 2.24) is 0 Å². The van der Waals surface area contributed by atoms with Crippen LogP contribution in [-0.2, 0) is 0 Å². The fourth-order valence-electron chi connectivity index (χ4n) is 3.14. The van der Waals surface area contributed by atoms with E-state index in [0.29, 0.717) is 23.0 Å². The van der Waals surface area contributed by atoms with Crippen LogP contribution in [0, 0.1) is 6.92 Å². The predicted molar refractivity (Wildman–Crippen MR) is 94.1 cm³/mol. The number of methoxy groups -OCH3 is 4. The summed E-state index contributed by atoms with van der Waals surface area (Å²) in [5.74, 6) is 2.23. The van der Waals surface area contributed by atoms with Gasteiger partial charge in [-0.15, -0.1) is 0 Å². The topological polar surface area (TPSA) is 57.2 Å². The van der Waals surface area contributed by atoms with Gasteiger partial charge in [0, 0.05) is 5.39 Å². The Morgan fingerprint density at radius 3 is 1.96 bits per heavy atom. The summed E-state index contributed by atoms with van der Waals surface area (Å²) in [6, 6.07) is 7.48. The SMILES string of the molecule is COc1cc2c(cc1O)c(C)cc1cc(OC)c(OC)c(OC)c12. The number of hydrogen-bond donors (Lipinski definition) is 1. The Morgan fingerprint density at radius 1 is 0.708 bits per heavy atom. The molecule has 24 heavy (non-hydrogen) atoms. The van der Waals surface area contributed by atoms with Crippen molar-refractivity contribution in [3.8, 4) is 28.7 Å². The van der Waals surface area contributed by atoms with E-state index in [1.165, 1.54) is 7.11 Å². The molecule has 3 aromatic carbocycles. The minimum Gasteiger partial charge on any atom is -0.504 e. The zero-order valence-corrected chi connectivity index (χ0v) is 14.4. The van der Waals surface area contributed by atoms with Gasteiger partial charge in [0.2, 0.25) is 5.75 Å². The standard InChI is InChI=1S/C19H20O5/c1-10-6-11-7-16(22-3)18(23-4)19(24-5)17(11)13-9-15(21-2)14(20)8-12(10)13/h6-9,20H,1-5H3. The highest BCUT2D eigenvalue weighted by Gasteiger charge is 2.20. The van der Waals surface area contributed by atoms with E-state index in [-0.39, 0.29) is 5.75 Å². The second kappa shape index (κ2) is 6.00. The van der Waals surface area contributed by atoms with Crippen LogP contribution in [0.3, 0.4) is 0 Å². The van der Waals surface area contributed by atoms with E-state index in [9.17, 15) is 5.11 Å². The number of hydrogen-bond acceptors (Lipinski definition) is 5. The van der Waals surface area contributed by atoms with Gasteiger partial charge in [-0.05, 0) is 46.8 Å². The van der Waals surface area contributed by atoms with Gasteiger partial charge in [-0.25, -0.2) is 0 Å². The lowest BCUT2D eigenvalue weighted by Crippen LogP contribution is -1.97. The first-order chi connectivity index (χ1) is 11.5. The largest absolute Gasteiger partial charge is 0.504 e. The highest BCUT2D eigenvalue weighted by molar-refractivity contribution is 6.14. The summed E-state index contributed by atoms with van der Waals surface area (Å²) in [6.45, 7) is 2.00. The van der Waals surface area contributed by atoms with E-state index in [2.05, 4.69) is 0 Å². The smallest absolute Gasteiger partial charge is 0.203 e. The average Bonchev–Trinajstić information content (AvgIpc) is 2.59. The number of aryl methyl sites for hydroxylation is 1. The van der Waals surface area contributed by atoms with Gasteiger partial charge in [-0.3, -0.25) is 0 Å². The molecule has 126 valence electrons. The summed E-state index contributed by atoms with van der Waals surface area (Å²) in [4.78, 5) is 0. The van der Waals surface area contributed by atoms with Gasteiger partial charge < -0.3 is 24.1 Å². The maximum Gasteiger partial charge on any atom is 0.203 e. The minimum atomic E-state index is 0.104. The molecule has 0 amide bonds. The van der Waals surface area contributed by atoms with Crippen LogP contribution in [0.5, 0.6) is 28.7 Å². The van der Waals surface area contributed by atoms with Crippen LogP contribution in [0.4, 0.5) is 0 Å². The van der Waals surface area contributed by atoms with E-state index in [0.717, 1.165) is 27.1 Å². The van der Waals surface area contributed by atoms with Gasteiger partial charge >= 0.3 is 0 Å². The molecule has 0 unspecified atom stereocenters. The van der Waals surface area contributed by atoms with Crippen molar-refractivity contribution >= 4 is 21.5 Å². The highest BCUT2D eigenvalue weighted by Crippen LogP contribution is 2.47. The third-order valence-electron chi connectivity index (χ3n) is 4.25. The molecule has 0 spiro atoms. The maximum absolute atomic E-state index is 10.1. The van der Waals surface area contributed by atoms with Gasteiger partial charge in [0.05, 0.1) is 28.4 Å². The molecule has 5 nitrogen and oxygen atoms in total. The number of phenolic OH excluding ortho intramolecular Hbond substituents is 1. The quantitative estimate of drug-likeness (QED) is 0.733. The first-order valence-corrected chi connectivity index (χ1v) is 7.48. The zero-order valence-electron chi connectivity index (χ0n) is 14.4. The van der Waals surface area contributed by atoms with Crippen LogP contribution >= 0.6 is 0 Å². The monoisotopic (exact) mass is 328 g/mol. The minimum absolute atomic E-state index is 0.104. The summed E-state index contributed by atoms with van der Waals surface area (Å²) in [6.07, 6.45) is 0. The van der Waals surface area contributed by atoms with Crippen molar-refractivity contribution in [3.63, 3.8) is 0 Å². The molecule has 3 rings (SSSR count). The predicted octanol–water partition coefficient (Wildman–Crippen LogP) is 4.04. The molecule has 0 saturated heterocycles. The molecule has 0 radical (unpaired) electrons. The van der Waals surface area contributed by atoms with E-state index in [1.54, 1.807) is 27.4 Å². The Kier molecular flexibility index (Phi) is 4.01. The van der Waals surface area contributed by atoms with Crippen LogP contribution in [0.1, 0.15) is 5.56 Å². The van der Waals surface area contributed by atoms with Crippen molar-refractivity contribution in [1.29, 1.82) is 0 Å². The Balaban J connectivity index is 2.57. The fraction of sp³-hybridized carbons (Fsp3) is 0.263. The molecule has 0 aliphatic rings. The highest BCUT2D eigenvalue weighted by atomic mass is 16.5. The van der Waals surface area contributed by atoms with E-state index in [4.69, 9.17) is 18.9 Å². The number of benzene rings is 3. The van der Waals surface area contributed by atoms with E-state index < -0.39 is 0 Å². The molecule has 0 saturated carbocycles. The molecule has 0 bridgehead atoms. The molecule has 5 heteroatoms. The second-order valence-electron chi connectivity index (χ2n) is 5.51. The van der Waals surface area contributed by atoms with Gasteiger partial charge in [0.1, 0.15) is 0 Å². The molecule has 0 aliphatic carbocycles. The van der Waals surface area contributed by atoms with Crippen LogP contribution in [0.2, 0.25) is 0 Å². The summed E-state index contributed by atoms with van der Waals surface area (Å²) in [5, 5.41) is 13.8. The third-order valence-corrected chi connectivity index (χ3v) is 4.25. The molecular formula is C19H20O5. The lowest BCUT2D eigenvalue weighted by molar-refractivity contribution is 0.327. The van der Waals surface area contributed by atoms with Crippen molar-refractivity contribution in [2.45, 2.75) is 6.92 Å². The number of rotatable bonds is 4. The van der Waals surface area contributed by atoms with Crippen molar-refractivity contribution in [2.24, 2.45) is 0 Å². The number of phenols is 1. The van der Waals surface area contributed by atoms with Gasteiger partial charge in [0.25, 0.3) is 0 Å². The average molecular weight is 328 g/mol.